The molecule has 6 nitrogen and oxygen atoms in total. The fraction of sp³-hybridized carbons (Fsp3) is 0.467. The lowest BCUT2D eigenvalue weighted by molar-refractivity contribution is -0.124. The van der Waals surface area contributed by atoms with Crippen molar-refractivity contribution in [2.75, 3.05) is 33.4 Å². The van der Waals surface area contributed by atoms with Gasteiger partial charge in [-0.15, -0.1) is 0 Å². The van der Waals surface area contributed by atoms with E-state index in [0.717, 1.165) is 5.56 Å². The van der Waals surface area contributed by atoms with Crippen LogP contribution in [0.4, 0.5) is 0 Å². The summed E-state index contributed by atoms with van der Waals surface area (Å²) in [6.07, 6.45) is 0.320. The number of amides is 2. The van der Waals surface area contributed by atoms with Crippen LogP contribution in [0, 0.1) is 6.92 Å². The first-order valence-electron chi connectivity index (χ1n) is 6.83. The average molecular weight is 294 g/mol. The molecule has 0 aliphatic carbocycles. The van der Waals surface area contributed by atoms with Gasteiger partial charge in [0, 0.05) is 26.6 Å². The monoisotopic (exact) mass is 294 g/mol. The van der Waals surface area contributed by atoms with Gasteiger partial charge in [0.2, 0.25) is 5.91 Å². The smallest absolute Gasteiger partial charge is 0.258 e. The van der Waals surface area contributed by atoms with E-state index in [9.17, 15) is 9.59 Å². The Balaban J connectivity index is 2.08. The lowest BCUT2D eigenvalue weighted by Gasteiger charge is -2.08. The second-order valence-corrected chi connectivity index (χ2v) is 4.54. The summed E-state index contributed by atoms with van der Waals surface area (Å²) in [6.45, 7) is 3.09. The van der Waals surface area contributed by atoms with Gasteiger partial charge in [0.25, 0.3) is 5.91 Å². The van der Waals surface area contributed by atoms with E-state index in [0.29, 0.717) is 31.9 Å². The van der Waals surface area contributed by atoms with Crippen molar-refractivity contribution in [3.8, 4) is 5.75 Å². The molecule has 0 unspecified atom stereocenters. The third kappa shape index (κ3) is 7.94. The molecule has 0 aliphatic heterocycles. The molecular weight excluding hydrogens is 272 g/mol. The number of aryl methyl sites for hydroxylation is 1. The third-order valence-corrected chi connectivity index (χ3v) is 2.69. The summed E-state index contributed by atoms with van der Waals surface area (Å²) in [4.78, 5) is 22.8. The van der Waals surface area contributed by atoms with Gasteiger partial charge in [-0.05, 0) is 19.1 Å². The van der Waals surface area contributed by atoms with Crippen molar-refractivity contribution in [2.24, 2.45) is 0 Å². The van der Waals surface area contributed by atoms with Gasteiger partial charge in [-0.2, -0.15) is 0 Å². The molecule has 0 aliphatic rings. The van der Waals surface area contributed by atoms with Crippen molar-refractivity contribution in [1.29, 1.82) is 0 Å². The Bertz CT molecular complexity index is 445. The van der Waals surface area contributed by atoms with Crippen molar-refractivity contribution in [2.45, 2.75) is 13.3 Å². The summed E-state index contributed by atoms with van der Waals surface area (Å²) in [5.74, 6) is 0.340. The molecule has 0 radical (unpaired) electrons. The first-order chi connectivity index (χ1) is 10.1. The van der Waals surface area contributed by atoms with Crippen molar-refractivity contribution in [3.63, 3.8) is 0 Å². The molecule has 0 saturated carbocycles. The van der Waals surface area contributed by atoms with E-state index in [2.05, 4.69) is 10.6 Å². The zero-order valence-corrected chi connectivity index (χ0v) is 12.5. The van der Waals surface area contributed by atoms with E-state index >= 15 is 0 Å². The zero-order chi connectivity index (χ0) is 15.5. The van der Waals surface area contributed by atoms with Crippen LogP contribution >= 0.6 is 0 Å². The van der Waals surface area contributed by atoms with E-state index in [4.69, 9.17) is 9.47 Å². The summed E-state index contributed by atoms with van der Waals surface area (Å²) in [5.41, 5.74) is 1.14. The highest BCUT2D eigenvalue weighted by atomic mass is 16.5. The van der Waals surface area contributed by atoms with Crippen LogP contribution in [0.1, 0.15) is 12.0 Å². The average Bonchev–Trinajstić information content (AvgIpc) is 2.49. The Hall–Kier alpha value is -2.08. The van der Waals surface area contributed by atoms with Crippen LogP contribution in [-0.4, -0.2) is 45.2 Å². The van der Waals surface area contributed by atoms with Crippen molar-refractivity contribution < 1.29 is 19.1 Å². The number of methoxy groups -OCH3 is 1. The number of hydrogen-bond donors (Lipinski definition) is 2. The predicted octanol–water partition coefficient (Wildman–Crippen LogP) is 0.643. The number of ether oxygens (including phenoxy) is 2. The fourth-order valence-electron chi connectivity index (χ4n) is 1.52. The molecule has 21 heavy (non-hydrogen) atoms. The number of hydrogen-bond acceptors (Lipinski definition) is 4. The lowest BCUT2D eigenvalue weighted by atomic mass is 10.2. The highest BCUT2D eigenvalue weighted by Crippen LogP contribution is 2.10. The van der Waals surface area contributed by atoms with Gasteiger partial charge < -0.3 is 20.1 Å². The van der Waals surface area contributed by atoms with Gasteiger partial charge in [-0.3, -0.25) is 9.59 Å². The topological polar surface area (TPSA) is 76.7 Å². The summed E-state index contributed by atoms with van der Waals surface area (Å²) in [7, 11) is 1.54. The van der Waals surface area contributed by atoms with Crippen LogP contribution in [0.5, 0.6) is 5.75 Å². The lowest BCUT2D eigenvalue weighted by Crippen LogP contribution is -2.37. The molecule has 0 bridgehead atoms. The summed E-state index contributed by atoms with van der Waals surface area (Å²) >= 11 is 0. The highest BCUT2D eigenvalue weighted by Gasteiger charge is 2.03. The third-order valence-electron chi connectivity index (χ3n) is 2.69. The van der Waals surface area contributed by atoms with Crippen LogP contribution in [0.3, 0.4) is 0 Å². The molecule has 1 rings (SSSR count). The zero-order valence-electron chi connectivity index (χ0n) is 12.5. The number of rotatable bonds is 9. The van der Waals surface area contributed by atoms with Crippen molar-refractivity contribution >= 4 is 11.8 Å². The van der Waals surface area contributed by atoms with E-state index in [1.165, 1.54) is 0 Å². The first kappa shape index (κ1) is 17.0. The quantitative estimate of drug-likeness (QED) is 0.655. The molecule has 2 N–H and O–H groups in total. The molecule has 1 aromatic carbocycles. The first-order valence-corrected chi connectivity index (χ1v) is 6.83. The Morgan fingerprint density at radius 1 is 1.05 bits per heavy atom. The molecule has 0 fully saturated rings. The Labute approximate surface area is 124 Å². The Kier molecular flexibility index (Phi) is 7.89. The maximum atomic E-state index is 11.5. The molecule has 0 atom stereocenters. The fourth-order valence-corrected chi connectivity index (χ4v) is 1.52. The van der Waals surface area contributed by atoms with Crippen molar-refractivity contribution in [3.05, 3.63) is 29.8 Å². The van der Waals surface area contributed by atoms with Crippen LogP contribution < -0.4 is 15.4 Å². The maximum Gasteiger partial charge on any atom is 0.258 e. The van der Waals surface area contributed by atoms with Crippen LogP contribution in [0.15, 0.2) is 24.3 Å². The summed E-state index contributed by atoms with van der Waals surface area (Å²) < 4.78 is 10.1. The molecule has 1 aromatic rings. The molecule has 6 heteroatoms. The number of nitrogens with one attached hydrogen (secondary N) is 2. The highest BCUT2D eigenvalue weighted by molar-refractivity contribution is 5.78. The largest absolute Gasteiger partial charge is 0.484 e. The van der Waals surface area contributed by atoms with E-state index < -0.39 is 0 Å². The molecule has 0 heterocycles. The standard InChI is InChI=1S/C15H22N2O4/c1-12-3-5-13(6-4-12)21-11-15(19)17-9-8-16-14(18)7-10-20-2/h3-6H,7-11H2,1-2H3,(H,16,18)(H,17,19). The minimum atomic E-state index is -0.221. The molecule has 116 valence electrons. The van der Waals surface area contributed by atoms with Gasteiger partial charge in [0.05, 0.1) is 6.61 Å². The Morgan fingerprint density at radius 3 is 2.29 bits per heavy atom. The number of benzene rings is 1. The van der Waals surface area contributed by atoms with Gasteiger partial charge >= 0.3 is 0 Å². The van der Waals surface area contributed by atoms with Gasteiger partial charge in [-0.1, -0.05) is 17.7 Å². The number of carbonyl (C=O) groups excluding carboxylic acids is 2. The van der Waals surface area contributed by atoms with E-state index in [-0.39, 0.29) is 18.4 Å². The van der Waals surface area contributed by atoms with Crippen molar-refractivity contribution in [1.82, 2.24) is 10.6 Å². The SMILES string of the molecule is COCCC(=O)NCCNC(=O)COc1ccc(C)cc1. The van der Waals surface area contributed by atoms with E-state index in [1.807, 2.05) is 31.2 Å². The summed E-state index contributed by atoms with van der Waals surface area (Å²) in [5, 5.41) is 5.34. The molecular formula is C15H22N2O4. The van der Waals surface area contributed by atoms with Gasteiger partial charge in [0.15, 0.2) is 6.61 Å². The minimum absolute atomic E-state index is 0.0410. The maximum absolute atomic E-state index is 11.5. The molecule has 0 aromatic heterocycles. The normalized spacial score (nSPS) is 10.0. The van der Waals surface area contributed by atoms with Crippen LogP contribution in [0.25, 0.3) is 0 Å². The van der Waals surface area contributed by atoms with Crippen LogP contribution in [-0.2, 0) is 14.3 Å². The molecule has 0 spiro atoms. The second kappa shape index (κ2) is 9.77. The predicted molar refractivity (Wildman–Crippen MR) is 79.2 cm³/mol. The van der Waals surface area contributed by atoms with Gasteiger partial charge in [0.1, 0.15) is 5.75 Å². The van der Waals surface area contributed by atoms with Crippen LogP contribution in [0.2, 0.25) is 0 Å². The second-order valence-electron chi connectivity index (χ2n) is 4.54. The van der Waals surface area contributed by atoms with E-state index in [1.54, 1.807) is 7.11 Å². The summed E-state index contributed by atoms with van der Waals surface area (Å²) in [6, 6.07) is 7.48. The molecule has 0 saturated heterocycles. The minimum Gasteiger partial charge on any atom is -0.484 e. The Morgan fingerprint density at radius 2 is 1.67 bits per heavy atom. The number of carbonyl (C=O) groups is 2. The molecule has 2 amide bonds. The van der Waals surface area contributed by atoms with Gasteiger partial charge in [-0.25, -0.2) is 0 Å².